The van der Waals surface area contributed by atoms with Crippen molar-refractivity contribution in [2.75, 3.05) is 0 Å². The number of benzene rings is 1. The Balaban J connectivity index is 2.49. The molecule has 3 heteroatoms. The minimum absolute atomic E-state index is 0.256. The Morgan fingerprint density at radius 3 is 2.59 bits per heavy atom. The van der Waals surface area contributed by atoms with E-state index in [-0.39, 0.29) is 5.41 Å². The van der Waals surface area contributed by atoms with Crippen LogP contribution in [0.3, 0.4) is 0 Å². The van der Waals surface area contributed by atoms with E-state index < -0.39 is 0 Å². The first-order valence-electron chi connectivity index (χ1n) is 6.05. The van der Waals surface area contributed by atoms with E-state index in [2.05, 4.69) is 50.6 Å². The monoisotopic (exact) mass is 231 g/mol. The molecule has 0 aliphatic heterocycles. The first-order chi connectivity index (χ1) is 7.90. The van der Waals surface area contributed by atoms with Gasteiger partial charge in [0, 0.05) is 20.0 Å². The smallest absolute Gasteiger partial charge is 0.110 e. The van der Waals surface area contributed by atoms with E-state index in [1.165, 1.54) is 5.52 Å². The Morgan fingerprint density at radius 1 is 1.29 bits per heavy atom. The van der Waals surface area contributed by atoms with Gasteiger partial charge in [0.1, 0.15) is 5.82 Å². The van der Waals surface area contributed by atoms with Gasteiger partial charge in [-0.2, -0.15) is 0 Å². The van der Waals surface area contributed by atoms with Crippen molar-refractivity contribution in [1.82, 2.24) is 9.55 Å². The molecule has 0 aliphatic carbocycles. The number of aryl methyl sites for hydroxylation is 1. The fraction of sp³-hybridized carbons (Fsp3) is 0.500. The fourth-order valence-corrected chi connectivity index (χ4v) is 2.05. The standard InChI is InChI=1S/C14H21N3/c1-14(2,3)8-13-16-11-7-10(9-15)5-6-12(11)17(13)4/h5-7H,8-9,15H2,1-4H3. The van der Waals surface area contributed by atoms with Gasteiger partial charge in [0.2, 0.25) is 0 Å². The number of nitrogens with zero attached hydrogens (tertiary/aromatic N) is 2. The molecule has 2 aromatic rings. The minimum Gasteiger partial charge on any atom is -0.331 e. The zero-order valence-electron chi connectivity index (χ0n) is 11.1. The summed E-state index contributed by atoms with van der Waals surface area (Å²) in [5.74, 6) is 1.14. The normalized spacial score (nSPS) is 12.3. The lowest BCUT2D eigenvalue weighted by Crippen LogP contribution is -2.12. The van der Waals surface area contributed by atoms with Gasteiger partial charge in [-0.15, -0.1) is 0 Å². The van der Waals surface area contributed by atoms with Gasteiger partial charge in [-0.3, -0.25) is 0 Å². The molecule has 0 fully saturated rings. The van der Waals surface area contributed by atoms with Crippen LogP contribution in [0.4, 0.5) is 0 Å². The van der Waals surface area contributed by atoms with Crippen molar-refractivity contribution in [3.63, 3.8) is 0 Å². The SMILES string of the molecule is Cn1c(CC(C)(C)C)nc2cc(CN)ccc21. The Bertz CT molecular complexity index is 532. The molecule has 2 N–H and O–H groups in total. The van der Waals surface area contributed by atoms with Crippen molar-refractivity contribution in [3.8, 4) is 0 Å². The van der Waals surface area contributed by atoms with Gasteiger partial charge < -0.3 is 10.3 Å². The molecule has 0 radical (unpaired) electrons. The molecule has 1 aromatic carbocycles. The number of aromatic nitrogens is 2. The van der Waals surface area contributed by atoms with Gasteiger partial charge in [0.15, 0.2) is 0 Å². The van der Waals surface area contributed by atoms with Gasteiger partial charge in [-0.1, -0.05) is 26.8 Å². The van der Waals surface area contributed by atoms with Crippen molar-refractivity contribution in [1.29, 1.82) is 0 Å². The molecule has 1 heterocycles. The highest BCUT2D eigenvalue weighted by molar-refractivity contribution is 5.76. The summed E-state index contributed by atoms with van der Waals surface area (Å²) in [5, 5.41) is 0. The number of imidazole rings is 1. The van der Waals surface area contributed by atoms with Crippen LogP contribution >= 0.6 is 0 Å². The summed E-state index contributed by atoms with van der Waals surface area (Å²) in [6.45, 7) is 7.27. The maximum absolute atomic E-state index is 5.65. The van der Waals surface area contributed by atoms with E-state index in [4.69, 9.17) is 10.7 Å². The number of rotatable bonds is 2. The van der Waals surface area contributed by atoms with Crippen LogP contribution in [-0.2, 0) is 20.0 Å². The Hall–Kier alpha value is -1.35. The van der Waals surface area contributed by atoms with Crippen molar-refractivity contribution in [2.24, 2.45) is 18.2 Å². The maximum atomic E-state index is 5.65. The Morgan fingerprint density at radius 2 is 2.00 bits per heavy atom. The fourth-order valence-electron chi connectivity index (χ4n) is 2.05. The van der Waals surface area contributed by atoms with E-state index in [0.29, 0.717) is 6.54 Å². The molecular formula is C14H21N3. The topological polar surface area (TPSA) is 43.8 Å². The summed E-state index contributed by atoms with van der Waals surface area (Å²) in [6, 6.07) is 6.27. The summed E-state index contributed by atoms with van der Waals surface area (Å²) in [5.41, 5.74) is 9.28. The summed E-state index contributed by atoms with van der Waals surface area (Å²) < 4.78 is 2.18. The molecule has 0 bridgehead atoms. The molecule has 2 rings (SSSR count). The number of hydrogen-bond acceptors (Lipinski definition) is 2. The highest BCUT2D eigenvalue weighted by Crippen LogP contribution is 2.23. The second-order valence-corrected chi connectivity index (χ2v) is 5.85. The van der Waals surface area contributed by atoms with E-state index >= 15 is 0 Å². The first kappa shape index (κ1) is 12.1. The van der Waals surface area contributed by atoms with Gasteiger partial charge in [0.05, 0.1) is 11.0 Å². The number of fused-ring (bicyclic) bond motifs is 1. The van der Waals surface area contributed by atoms with E-state index in [1.807, 2.05) is 0 Å². The maximum Gasteiger partial charge on any atom is 0.110 e. The van der Waals surface area contributed by atoms with Crippen molar-refractivity contribution >= 4 is 11.0 Å². The molecule has 92 valence electrons. The lowest BCUT2D eigenvalue weighted by atomic mass is 9.92. The highest BCUT2D eigenvalue weighted by atomic mass is 15.1. The second kappa shape index (κ2) is 4.15. The molecule has 3 nitrogen and oxygen atoms in total. The van der Waals surface area contributed by atoms with Crippen LogP contribution < -0.4 is 5.73 Å². The molecule has 0 unspecified atom stereocenters. The Labute approximate surface area is 103 Å². The van der Waals surface area contributed by atoms with Crippen LogP contribution in [0.2, 0.25) is 0 Å². The second-order valence-electron chi connectivity index (χ2n) is 5.85. The summed E-state index contributed by atoms with van der Waals surface area (Å²) in [4.78, 5) is 4.71. The number of nitrogens with two attached hydrogens (primary N) is 1. The van der Waals surface area contributed by atoms with Crippen LogP contribution in [-0.4, -0.2) is 9.55 Å². The lowest BCUT2D eigenvalue weighted by Gasteiger charge is -2.17. The summed E-state index contributed by atoms with van der Waals surface area (Å²) >= 11 is 0. The summed E-state index contributed by atoms with van der Waals surface area (Å²) in [7, 11) is 2.08. The molecule has 0 aliphatic rings. The third-order valence-electron chi connectivity index (χ3n) is 2.96. The van der Waals surface area contributed by atoms with Crippen molar-refractivity contribution < 1.29 is 0 Å². The van der Waals surface area contributed by atoms with Crippen LogP contribution in [0.15, 0.2) is 18.2 Å². The van der Waals surface area contributed by atoms with Crippen LogP contribution in [0.5, 0.6) is 0 Å². The molecule has 0 amide bonds. The van der Waals surface area contributed by atoms with Gasteiger partial charge in [0.25, 0.3) is 0 Å². The zero-order chi connectivity index (χ0) is 12.6. The quantitative estimate of drug-likeness (QED) is 0.863. The van der Waals surface area contributed by atoms with E-state index in [9.17, 15) is 0 Å². The van der Waals surface area contributed by atoms with E-state index in [1.54, 1.807) is 0 Å². The van der Waals surface area contributed by atoms with Crippen LogP contribution in [0, 0.1) is 5.41 Å². The molecule has 17 heavy (non-hydrogen) atoms. The predicted octanol–water partition coefficient (Wildman–Crippen LogP) is 2.62. The summed E-state index contributed by atoms with van der Waals surface area (Å²) in [6.07, 6.45) is 0.982. The molecule has 0 spiro atoms. The first-order valence-corrected chi connectivity index (χ1v) is 6.05. The largest absolute Gasteiger partial charge is 0.331 e. The van der Waals surface area contributed by atoms with Crippen molar-refractivity contribution in [3.05, 3.63) is 29.6 Å². The van der Waals surface area contributed by atoms with Gasteiger partial charge >= 0.3 is 0 Å². The molecule has 0 saturated carbocycles. The third-order valence-corrected chi connectivity index (χ3v) is 2.96. The van der Waals surface area contributed by atoms with Crippen LogP contribution in [0.1, 0.15) is 32.2 Å². The van der Waals surface area contributed by atoms with Gasteiger partial charge in [-0.25, -0.2) is 4.98 Å². The number of hydrogen-bond donors (Lipinski definition) is 1. The van der Waals surface area contributed by atoms with Crippen molar-refractivity contribution in [2.45, 2.75) is 33.7 Å². The average Bonchev–Trinajstić information content (AvgIpc) is 2.53. The molecule has 1 aromatic heterocycles. The average molecular weight is 231 g/mol. The van der Waals surface area contributed by atoms with Gasteiger partial charge in [-0.05, 0) is 23.1 Å². The lowest BCUT2D eigenvalue weighted by molar-refractivity contribution is 0.396. The zero-order valence-corrected chi connectivity index (χ0v) is 11.1. The van der Waals surface area contributed by atoms with Crippen LogP contribution in [0.25, 0.3) is 11.0 Å². The molecule has 0 atom stereocenters. The highest BCUT2D eigenvalue weighted by Gasteiger charge is 2.16. The molecule has 0 saturated heterocycles. The third kappa shape index (κ3) is 2.50. The Kier molecular flexibility index (Phi) is 2.96. The minimum atomic E-state index is 0.256. The molecular weight excluding hydrogens is 210 g/mol. The van der Waals surface area contributed by atoms with E-state index in [0.717, 1.165) is 23.3 Å². The predicted molar refractivity (Wildman–Crippen MR) is 71.8 cm³/mol.